The fourth-order valence-electron chi connectivity index (χ4n) is 2.84. The molecule has 0 aliphatic heterocycles. The monoisotopic (exact) mass is 241 g/mol. The summed E-state index contributed by atoms with van der Waals surface area (Å²) in [6.07, 6.45) is 1.01. The Morgan fingerprint density at radius 2 is 1.53 bits per heavy atom. The molecule has 1 aliphatic carbocycles. The van der Waals surface area contributed by atoms with E-state index in [-0.39, 0.29) is 0 Å². The predicted molar refractivity (Wildman–Crippen MR) is 79.0 cm³/mol. The number of benzene rings is 3. The molecule has 89 valence electrons. The third-order valence-electron chi connectivity index (χ3n) is 3.81. The van der Waals surface area contributed by atoms with Gasteiger partial charge in [-0.1, -0.05) is 54.6 Å². The minimum atomic E-state index is 1.01. The lowest BCUT2D eigenvalue weighted by molar-refractivity contribution is 1.26. The molecule has 3 aromatic rings. The molecular weight excluding hydrogens is 228 g/mol. The maximum Gasteiger partial charge on any atom is -0.000728 e. The Morgan fingerprint density at radius 1 is 0.737 bits per heavy atom. The van der Waals surface area contributed by atoms with E-state index < -0.39 is 0 Å². The van der Waals surface area contributed by atoms with Gasteiger partial charge in [0.1, 0.15) is 0 Å². The Morgan fingerprint density at radius 3 is 2.42 bits per heavy atom. The van der Waals surface area contributed by atoms with Crippen LogP contribution in [0.1, 0.15) is 11.1 Å². The molecule has 0 heteroatoms. The van der Waals surface area contributed by atoms with Crippen molar-refractivity contribution in [3.8, 4) is 22.3 Å². The molecule has 0 atom stereocenters. The highest BCUT2D eigenvalue weighted by atomic mass is 14.2. The Labute approximate surface area is 113 Å². The van der Waals surface area contributed by atoms with Gasteiger partial charge in [-0.25, -0.2) is 0 Å². The zero-order valence-electron chi connectivity index (χ0n) is 10.6. The molecule has 0 spiro atoms. The van der Waals surface area contributed by atoms with Crippen molar-refractivity contribution in [1.82, 2.24) is 0 Å². The van der Waals surface area contributed by atoms with E-state index in [1.165, 1.54) is 33.4 Å². The largest absolute Gasteiger partial charge is 0.0622 e. The third kappa shape index (κ3) is 1.68. The normalized spacial score (nSPS) is 12.0. The fraction of sp³-hybridized carbons (Fsp3) is 0.0526. The molecule has 0 amide bonds. The van der Waals surface area contributed by atoms with Crippen LogP contribution >= 0.6 is 0 Å². The van der Waals surface area contributed by atoms with E-state index in [4.69, 9.17) is 0 Å². The van der Waals surface area contributed by atoms with Crippen LogP contribution in [0.2, 0.25) is 0 Å². The van der Waals surface area contributed by atoms with Crippen LogP contribution in [-0.4, -0.2) is 0 Å². The second-order valence-corrected chi connectivity index (χ2v) is 4.98. The molecule has 0 saturated heterocycles. The highest BCUT2D eigenvalue weighted by Crippen LogP contribution is 2.38. The number of fused-ring (bicyclic) bond motifs is 3. The molecule has 1 aliphatic rings. The van der Waals surface area contributed by atoms with Crippen molar-refractivity contribution < 1.29 is 0 Å². The predicted octanol–water partition coefficient (Wildman–Crippen LogP) is 4.72. The van der Waals surface area contributed by atoms with E-state index in [1.54, 1.807) is 0 Å². The van der Waals surface area contributed by atoms with Crippen LogP contribution in [0, 0.1) is 6.07 Å². The molecule has 0 N–H and O–H groups in total. The minimum Gasteiger partial charge on any atom is -0.0622 e. The number of rotatable bonds is 1. The summed E-state index contributed by atoms with van der Waals surface area (Å²) in [7, 11) is 0. The van der Waals surface area contributed by atoms with E-state index in [0.717, 1.165) is 6.42 Å². The second kappa shape index (κ2) is 4.10. The first-order chi connectivity index (χ1) is 9.42. The molecule has 0 fully saturated rings. The highest BCUT2D eigenvalue weighted by Gasteiger charge is 2.18. The van der Waals surface area contributed by atoms with Crippen molar-refractivity contribution in [2.24, 2.45) is 0 Å². The van der Waals surface area contributed by atoms with Crippen LogP contribution in [0.4, 0.5) is 0 Å². The first kappa shape index (κ1) is 10.6. The lowest BCUT2D eigenvalue weighted by atomic mass is 9.99. The quantitative estimate of drug-likeness (QED) is 0.452. The van der Waals surface area contributed by atoms with E-state index in [2.05, 4.69) is 72.8 Å². The van der Waals surface area contributed by atoms with Gasteiger partial charge in [0, 0.05) is 0 Å². The van der Waals surface area contributed by atoms with Gasteiger partial charge in [-0.3, -0.25) is 0 Å². The smallest absolute Gasteiger partial charge is 0.000728 e. The van der Waals surface area contributed by atoms with E-state index >= 15 is 0 Å². The summed E-state index contributed by atoms with van der Waals surface area (Å²) in [4.78, 5) is 0. The Balaban J connectivity index is 1.89. The third-order valence-corrected chi connectivity index (χ3v) is 3.81. The summed E-state index contributed by atoms with van der Waals surface area (Å²) in [6.45, 7) is 0. The lowest BCUT2D eigenvalue weighted by Crippen LogP contribution is -1.83. The van der Waals surface area contributed by atoms with Crippen molar-refractivity contribution in [3.63, 3.8) is 0 Å². The summed E-state index contributed by atoms with van der Waals surface area (Å²) in [5, 5.41) is 0. The first-order valence-corrected chi connectivity index (χ1v) is 6.60. The first-order valence-electron chi connectivity index (χ1n) is 6.60. The average molecular weight is 241 g/mol. The van der Waals surface area contributed by atoms with Crippen LogP contribution in [-0.2, 0) is 6.42 Å². The molecular formula is C19H13. The van der Waals surface area contributed by atoms with Crippen LogP contribution < -0.4 is 0 Å². The van der Waals surface area contributed by atoms with Crippen molar-refractivity contribution in [2.45, 2.75) is 6.42 Å². The van der Waals surface area contributed by atoms with Gasteiger partial charge in [-0.05, 0) is 58.0 Å². The van der Waals surface area contributed by atoms with E-state index in [9.17, 15) is 0 Å². The topological polar surface area (TPSA) is 0 Å². The van der Waals surface area contributed by atoms with Gasteiger partial charge in [0.15, 0.2) is 0 Å². The molecule has 0 bridgehead atoms. The van der Waals surface area contributed by atoms with Gasteiger partial charge in [-0.2, -0.15) is 0 Å². The van der Waals surface area contributed by atoms with Crippen LogP contribution in [0.15, 0.2) is 66.7 Å². The second-order valence-electron chi connectivity index (χ2n) is 4.98. The molecule has 0 aromatic heterocycles. The molecule has 4 rings (SSSR count). The van der Waals surface area contributed by atoms with Crippen molar-refractivity contribution in [2.75, 3.05) is 0 Å². The van der Waals surface area contributed by atoms with Gasteiger partial charge in [-0.15, -0.1) is 0 Å². The Hall–Kier alpha value is -2.34. The number of hydrogen-bond acceptors (Lipinski definition) is 0. The molecule has 0 nitrogen and oxygen atoms in total. The van der Waals surface area contributed by atoms with Crippen molar-refractivity contribution in [1.29, 1.82) is 0 Å². The Kier molecular flexibility index (Phi) is 2.28. The zero-order chi connectivity index (χ0) is 12.7. The van der Waals surface area contributed by atoms with Crippen molar-refractivity contribution >= 4 is 0 Å². The standard InChI is InChI=1S/C19H13/c1-2-6-14(7-3-1)15-10-11-17-12-16-8-4-5-9-18(16)19(17)13-15/h1-10,13H,12H2. The minimum absolute atomic E-state index is 1.01. The van der Waals surface area contributed by atoms with E-state index in [1.807, 2.05) is 0 Å². The molecule has 19 heavy (non-hydrogen) atoms. The molecule has 0 heterocycles. The maximum absolute atomic E-state index is 3.46. The zero-order valence-corrected chi connectivity index (χ0v) is 10.6. The molecule has 3 aromatic carbocycles. The lowest BCUT2D eigenvalue weighted by Gasteiger charge is -2.05. The highest BCUT2D eigenvalue weighted by molar-refractivity contribution is 5.81. The summed E-state index contributed by atoms with van der Waals surface area (Å²) in [6, 6.07) is 27.0. The van der Waals surface area contributed by atoms with Crippen LogP contribution in [0.3, 0.4) is 0 Å². The molecule has 0 saturated carbocycles. The van der Waals surface area contributed by atoms with Gasteiger partial charge < -0.3 is 0 Å². The van der Waals surface area contributed by atoms with Crippen LogP contribution in [0.5, 0.6) is 0 Å². The van der Waals surface area contributed by atoms with Crippen LogP contribution in [0.25, 0.3) is 22.3 Å². The summed E-state index contributed by atoms with van der Waals surface area (Å²) >= 11 is 0. The summed E-state index contributed by atoms with van der Waals surface area (Å²) in [5.41, 5.74) is 7.95. The van der Waals surface area contributed by atoms with E-state index in [0.29, 0.717) is 0 Å². The SMILES string of the molecule is [c]1cc(-c2ccccc2)cc2c1Cc1ccccc1-2. The van der Waals surface area contributed by atoms with Gasteiger partial charge in [0.25, 0.3) is 0 Å². The summed E-state index contributed by atoms with van der Waals surface area (Å²) in [5.74, 6) is 0. The molecule has 0 unspecified atom stereocenters. The Bertz CT molecular complexity index is 739. The van der Waals surface area contributed by atoms with Gasteiger partial charge >= 0.3 is 0 Å². The molecule has 1 radical (unpaired) electrons. The maximum atomic E-state index is 3.46. The summed E-state index contributed by atoms with van der Waals surface area (Å²) < 4.78 is 0. The number of hydrogen-bond donors (Lipinski definition) is 0. The van der Waals surface area contributed by atoms with Gasteiger partial charge in [0.05, 0.1) is 0 Å². The average Bonchev–Trinajstić information content (AvgIpc) is 2.86. The fourth-order valence-corrected chi connectivity index (χ4v) is 2.84. The van der Waals surface area contributed by atoms with Crippen molar-refractivity contribution in [3.05, 3.63) is 83.9 Å². The van der Waals surface area contributed by atoms with Gasteiger partial charge in [0.2, 0.25) is 0 Å².